The highest BCUT2D eigenvalue weighted by Gasteiger charge is 2.49. The van der Waals surface area contributed by atoms with Crippen LogP contribution in [0.2, 0.25) is 0 Å². The Morgan fingerprint density at radius 2 is 2.04 bits per heavy atom. The third-order valence-corrected chi connectivity index (χ3v) is 6.50. The van der Waals surface area contributed by atoms with Gasteiger partial charge in [0.25, 0.3) is 0 Å². The first kappa shape index (κ1) is 18.0. The van der Waals surface area contributed by atoms with E-state index >= 15 is 0 Å². The lowest BCUT2D eigenvalue weighted by Crippen LogP contribution is -2.29. The summed E-state index contributed by atoms with van der Waals surface area (Å²) in [6.45, 7) is 1.09. The molecule has 1 N–H and O–H groups in total. The number of aromatic nitrogens is 5. The van der Waals surface area contributed by atoms with Crippen molar-refractivity contribution in [2.45, 2.75) is 63.2 Å². The van der Waals surface area contributed by atoms with E-state index in [1.165, 1.54) is 32.1 Å². The van der Waals surface area contributed by atoms with Crippen LogP contribution in [-0.2, 0) is 15.9 Å². The third kappa shape index (κ3) is 3.51. The lowest BCUT2D eigenvalue weighted by molar-refractivity contribution is 0.0584. The normalized spacial score (nSPS) is 30.6. The van der Waals surface area contributed by atoms with Gasteiger partial charge < -0.3 is 9.47 Å². The summed E-state index contributed by atoms with van der Waals surface area (Å²) in [5.41, 5.74) is 1.61. The monoisotopic (exact) mass is 385 g/mol. The van der Waals surface area contributed by atoms with E-state index in [0.29, 0.717) is 25.3 Å². The SMILES string of the molecule is O=C(C[C@H]1CO[C@H]2[C@@H]1OC[C@@H]2n1cc(CC2CCCCC2)nn1)c1ccn[nH]1. The maximum atomic E-state index is 12.4. The number of ether oxygens (including phenoxy) is 2. The molecule has 4 heterocycles. The molecule has 2 aromatic rings. The molecule has 2 saturated heterocycles. The largest absolute Gasteiger partial charge is 0.373 e. The van der Waals surface area contributed by atoms with Crippen LogP contribution in [0.3, 0.4) is 0 Å². The van der Waals surface area contributed by atoms with Crippen LogP contribution in [0.4, 0.5) is 0 Å². The van der Waals surface area contributed by atoms with Crippen molar-refractivity contribution >= 4 is 5.78 Å². The third-order valence-electron chi connectivity index (χ3n) is 6.50. The summed E-state index contributed by atoms with van der Waals surface area (Å²) in [7, 11) is 0. The number of Topliss-reactive ketones (excluding diaryl/α,β-unsaturated/α-hetero) is 1. The minimum absolute atomic E-state index is 0.0323. The Bertz CT molecular complexity index is 799. The standard InChI is InChI=1S/C20H27N5O3/c26-18(16-6-7-21-23-16)9-14-11-27-20-17(12-28-19(14)20)25-10-15(22-24-25)8-13-4-2-1-3-5-13/h6-7,10,13-14,17,19-20H,1-5,8-9,11-12H2,(H,21,23)/t14-,17-,19+,20+/m0/s1. The van der Waals surface area contributed by atoms with Gasteiger partial charge in [-0.1, -0.05) is 37.3 Å². The van der Waals surface area contributed by atoms with Crippen molar-refractivity contribution in [3.8, 4) is 0 Å². The van der Waals surface area contributed by atoms with E-state index in [2.05, 4.69) is 26.7 Å². The fourth-order valence-electron chi connectivity index (χ4n) is 4.98. The van der Waals surface area contributed by atoms with Gasteiger partial charge in [-0.3, -0.25) is 9.89 Å². The van der Waals surface area contributed by atoms with Crippen molar-refractivity contribution in [2.75, 3.05) is 13.2 Å². The molecule has 3 fully saturated rings. The number of carbonyl (C=O) groups is 1. The molecule has 2 aliphatic heterocycles. The molecule has 0 spiro atoms. The number of hydrogen-bond donors (Lipinski definition) is 1. The summed E-state index contributed by atoms with van der Waals surface area (Å²) >= 11 is 0. The van der Waals surface area contributed by atoms with Gasteiger partial charge in [-0.15, -0.1) is 5.10 Å². The fraction of sp³-hybridized carbons (Fsp3) is 0.700. The lowest BCUT2D eigenvalue weighted by Gasteiger charge is -2.20. The second-order valence-corrected chi connectivity index (χ2v) is 8.42. The Morgan fingerprint density at radius 3 is 2.86 bits per heavy atom. The van der Waals surface area contributed by atoms with Gasteiger partial charge >= 0.3 is 0 Å². The van der Waals surface area contributed by atoms with Crippen LogP contribution in [-0.4, -0.2) is 56.4 Å². The Kier molecular flexibility index (Phi) is 4.98. The molecule has 150 valence electrons. The second kappa shape index (κ2) is 7.75. The summed E-state index contributed by atoms with van der Waals surface area (Å²) in [5, 5.41) is 15.4. The van der Waals surface area contributed by atoms with Crippen molar-refractivity contribution in [1.29, 1.82) is 0 Å². The maximum absolute atomic E-state index is 12.4. The zero-order valence-corrected chi connectivity index (χ0v) is 16.0. The molecule has 0 aromatic carbocycles. The topological polar surface area (TPSA) is 94.9 Å². The first-order valence-electron chi connectivity index (χ1n) is 10.4. The van der Waals surface area contributed by atoms with E-state index in [1.807, 2.05) is 4.68 Å². The number of carbonyl (C=O) groups excluding carboxylic acids is 1. The van der Waals surface area contributed by atoms with Crippen molar-refractivity contribution in [1.82, 2.24) is 25.2 Å². The van der Waals surface area contributed by atoms with E-state index in [9.17, 15) is 4.79 Å². The second-order valence-electron chi connectivity index (χ2n) is 8.42. The van der Waals surface area contributed by atoms with E-state index in [1.54, 1.807) is 12.3 Å². The number of ketones is 1. The van der Waals surface area contributed by atoms with Crippen LogP contribution in [0.1, 0.15) is 60.7 Å². The molecule has 0 radical (unpaired) electrons. The van der Waals surface area contributed by atoms with Crippen molar-refractivity contribution in [3.63, 3.8) is 0 Å². The van der Waals surface area contributed by atoms with Gasteiger partial charge in [-0.25, -0.2) is 4.68 Å². The zero-order chi connectivity index (χ0) is 18.9. The molecular formula is C20H27N5O3. The van der Waals surface area contributed by atoms with Gasteiger partial charge in [-0.05, 0) is 18.4 Å². The van der Waals surface area contributed by atoms with Gasteiger partial charge in [0.15, 0.2) is 5.78 Å². The van der Waals surface area contributed by atoms with Crippen molar-refractivity contribution in [3.05, 3.63) is 29.8 Å². The molecule has 1 saturated carbocycles. The number of nitrogens with zero attached hydrogens (tertiary/aromatic N) is 4. The fourth-order valence-corrected chi connectivity index (χ4v) is 4.98. The first-order valence-corrected chi connectivity index (χ1v) is 10.4. The smallest absolute Gasteiger partial charge is 0.181 e. The predicted octanol–water partition coefficient (Wildman–Crippen LogP) is 2.35. The predicted molar refractivity (Wildman–Crippen MR) is 99.8 cm³/mol. The number of fused-ring (bicyclic) bond motifs is 1. The van der Waals surface area contributed by atoms with Crippen LogP contribution < -0.4 is 0 Å². The molecule has 8 heteroatoms. The quantitative estimate of drug-likeness (QED) is 0.767. The number of hydrogen-bond acceptors (Lipinski definition) is 6. The first-order chi connectivity index (χ1) is 13.8. The van der Waals surface area contributed by atoms with E-state index in [4.69, 9.17) is 9.47 Å². The average molecular weight is 385 g/mol. The maximum Gasteiger partial charge on any atom is 0.181 e. The molecular weight excluding hydrogens is 358 g/mol. The average Bonchev–Trinajstić information content (AvgIpc) is 3.49. The minimum atomic E-state index is -0.0668. The Morgan fingerprint density at radius 1 is 1.18 bits per heavy atom. The van der Waals surface area contributed by atoms with Crippen molar-refractivity contribution < 1.29 is 14.3 Å². The van der Waals surface area contributed by atoms with Crippen LogP contribution in [0, 0.1) is 11.8 Å². The van der Waals surface area contributed by atoms with E-state index in [-0.39, 0.29) is 30.0 Å². The van der Waals surface area contributed by atoms with Crippen LogP contribution in [0.25, 0.3) is 0 Å². The van der Waals surface area contributed by atoms with Gasteiger partial charge in [0.2, 0.25) is 0 Å². The van der Waals surface area contributed by atoms with E-state index < -0.39 is 0 Å². The molecule has 5 rings (SSSR count). The van der Waals surface area contributed by atoms with Crippen LogP contribution in [0.15, 0.2) is 18.5 Å². The molecule has 3 aliphatic rings. The molecule has 2 aromatic heterocycles. The summed E-state index contributed by atoms with van der Waals surface area (Å²) in [6.07, 6.45) is 11.6. The minimum Gasteiger partial charge on any atom is -0.373 e. The number of aromatic amines is 1. The molecule has 0 amide bonds. The molecule has 0 bridgehead atoms. The number of rotatable bonds is 6. The lowest BCUT2D eigenvalue weighted by atomic mass is 9.86. The highest BCUT2D eigenvalue weighted by Crippen LogP contribution is 2.38. The van der Waals surface area contributed by atoms with Gasteiger partial charge in [0, 0.05) is 24.7 Å². The summed E-state index contributed by atoms with van der Waals surface area (Å²) in [4.78, 5) is 12.4. The van der Waals surface area contributed by atoms with Crippen LogP contribution >= 0.6 is 0 Å². The number of nitrogens with one attached hydrogen (secondary N) is 1. The molecule has 1 aliphatic carbocycles. The highest BCUT2D eigenvalue weighted by molar-refractivity contribution is 5.94. The Labute approximate surface area is 164 Å². The Hall–Kier alpha value is -2.06. The Balaban J connectivity index is 1.21. The van der Waals surface area contributed by atoms with Crippen LogP contribution in [0.5, 0.6) is 0 Å². The summed E-state index contributed by atoms with van der Waals surface area (Å²) in [5.74, 6) is 0.859. The number of H-pyrrole nitrogens is 1. The zero-order valence-electron chi connectivity index (χ0n) is 16.0. The van der Waals surface area contributed by atoms with Gasteiger partial charge in [-0.2, -0.15) is 5.10 Å². The molecule has 4 atom stereocenters. The summed E-state index contributed by atoms with van der Waals surface area (Å²) in [6, 6.07) is 1.74. The summed E-state index contributed by atoms with van der Waals surface area (Å²) < 4.78 is 14.0. The molecule has 0 unspecified atom stereocenters. The molecule has 28 heavy (non-hydrogen) atoms. The van der Waals surface area contributed by atoms with Gasteiger partial charge in [0.05, 0.1) is 25.0 Å². The molecule has 8 nitrogen and oxygen atoms in total. The van der Waals surface area contributed by atoms with Crippen molar-refractivity contribution in [2.24, 2.45) is 11.8 Å². The van der Waals surface area contributed by atoms with Gasteiger partial charge in [0.1, 0.15) is 17.8 Å². The highest BCUT2D eigenvalue weighted by atomic mass is 16.6. The van der Waals surface area contributed by atoms with E-state index in [0.717, 1.165) is 18.0 Å².